The molecule has 2 N–H and O–H groups in total. The Morgan fingerprint density at radius 1 is 1.38 bits per heavy atom. The number of hydrogen-bond donors (Lipinski definition) is 1. The molecule has 1 aliphatic rings. The van der Waals surface area contributed by atoms with E-state index in [0.717, 1.165) is 32.2 Å². The second kappa shape index (κ2) is 5.28. The van der Waals surface area contributed by atoms with Crippen LogP contribution in [0.2, 0.25) is 0 Å². The van der Waals surface area contributed by atoms with Crippen LogP contribution < -0.4 is 10.6 Å². The van der Waals surface area contributed by atoms with Crippen molar-refractivity contribution in [2.75, 3.05) is 30.0 Å². The summed E-state index contributed by atoms with van der Waals surface area (Å²) in [4.78, 5) is 14.2. The third kappa shape index (κ3) is 3.23. The van der Waals surface area contributed by atoms with Crippen LogP contribution in [0.1, 0.15) is 43.3 Å². The molecule has 0 radical (unpaired) electrons. The molecule has 5 nitrogen and oxygen atoms in total. The number of ketones is 1. The molecule has 1 aromatic heterocycles. The van der Waals surface area contributed by atoms with E-state index in [2.05, 4.69) is 18.7 Å². The fraction of sp³-hybridized carbons (Fsp3) is 0.643. The number of rotatable bonds is 3. The lowest BCUT2D eigenvalue weighted by atomic mass is 9.84. The molecule has 0 spiro atoms. The van der Waals surface area contributed by atoms with Crippen molar-refractivity contribution in [1.29, 1.82) is 0 Å². The molecule has 1 saturated heterocycles. The zero-order chi connectivity index (χ0) is 16.0. The van der Waals surface area contributed by atoms with Crippen LogP contribution in [0.5, 0.6) is 0 Å². The van der Waals surface area contributed by atoms with Crippen LogP contribution in [0.3, 0.4) is 0 Å². The first-order chi connectivity index (χ1) is 9.53. The maximum atomic E-state index is 12.1. The van der Waals surface area contributed by atoms with Crippen molar-refractivity contribution in [3.05, 3.63) is 4.88 Å². The maximum absolute atomic E-state index is 12.1. The van der Waals surface area contributed by atoms with Crippen LogP contribution in [0.15, 0.2) is 4.90 Å². The summed E-state index contributed by atoms with van der Waals surface area (Å²) in [6.07, 6.45) is 3.26. The van der Waals surface area contributed by atoms with Gasteiger partial charge in [0.1, 0.15) is 9.90 Å². The third-order valence-corrected chi connectivity index (χ3v) is 6.41. The van der Waals surface area contributed by atoms with Gasteiger partial charge in [0, 0.05) is 26.3 Å². The van der Waals surface area contributed by atoms with Crippen molar-refractivity contribution in [3.63, 3.8) is 0 Å². The van der Waals surface area contributed by atoms with Crippen LogP contribution in [0.25, 0.3) is 0 Å². The van der Waals surface area contributed by atoms with Gasteiger partial charge in [-0.1, -0.05) is 13.8 Å². The quantitative estimate of drug-likeness (QED) is 0.862. The molecule has 0 atom stereocenters. The SMILES string of the molecule is CC(=O)c1sc(N2CCCC(C)(C)C2)c(S(C)(=O)=O)c1N. The Kier molecular flexibility index (Phi) is 4.10. The van der Waals surface area contributed by atoms with Crippen molar-refractivity contribution in [2.45, 2.75) is 38.5 Å². The van der Waals surface area contributed by atoms with Gasteiger partial charge in [-0.05, 0) is 18.3 Å². The summed E-state index contributed by atoms with van der Waals surface area (Å²) in [7, 11) is -3.47. The summed E-state index contributed by atoms with van der Waals surface area (Å²) in [6.45, 7) is 7.32. The number of nitrogens with zero attached hydrogens (tertiary/aromatic N) is 1. The Morgan fingerprint density at radius 2 is 2.00 bits per heavy atom. The molecule has 0 bridgehead atoms. The fourth-order valence-electron chi connectivity index (χ4n) is 2.84. The Labute approximate surface area is 130 Å². The van der Waals surface area contributed by atoms with E-state index in [-0.39, 0.29) is 21.8 Å². The number of anilines is 2. The molecule has 0 aliphatic carbocycles. The summed E-state index contributed by atoms with van der Waals surface area (Å²) in [5, 5.41) is 0.618. The van der Waals surface area contributed by atoms with E-state index < -0.39 is 9.84 Å². The summed E-state index contributed by atoms with van der Waals surface area (Å²) in [5.74, 6) is -0.190. The molecular formula is C14H22N2O3S2. The number of carbonyl (C=O) groups is 1. The predicted molar refractivity (Wildman–Crippen MR) is 87.1 cm³/mol. The van der Waals surface area contributed by atoms with Gasteiger partial charge in [-0.25, -0.2) is 8.42 Å². The molecule has 1 aromatic rings. The van der Waals surface area contributed by atoms with Gasteiger partial charge in [0.15, 0.2) is 15.6 Å². The first-order valence-corrected chi connectivity index (χ1v) is 9.62. The second-order valence-corrected chi connectivity index (χ2v) is 9.45. The topological polar surface area (TPSA) is 80.5 Å². The van der Waals surface area contributed by atoms with Gasteiger partial charge in [0.2, 0.25) is 0 Å². The van der Waals surface area contributed by atoms with E-state index in [1.54, 1.807) is 0 Å². The normalized spacial score (nSPS) is 18.8. The van der Waals surface area contributed by atoms with Gasteiger partial charge in [-0.2, -0.15) is 0 Å². The first kappa shape index (κ1) is 16.3. The van der Waals surface area contributed by atoms with Crippen molar-refractivity contribution in [1.82, 2.24) is 0 Å². The van der Waals surface area contributed by atoms with E-state index in [4.69, 9.17) is 5.73 Å². The average Bonchev–Trinajstić information content (AvgIpc) is 2.65. The highest BCUT2D eigenvalue weighted by molar-refractivity contribution is 7.91. The lowest BCUT2D eigenvalue weighted by molar-refractivity contribution is 0.102. The molecule has 0 amide bonds. The number of nitrogen functional groups attached to an aromatic ring is 1. The molecule has 7 heteroatoms. The minimum Gasteiger partial charge on any atom is -0.396 e. The van der Waals surface area contributed by atoms with Crippen LogP contribution in [0, 0.1) is 5.41 Å². The van der Waals surface area contributed by atoms with Crippen molar-refractivity contribution in [2.24, 2.45) is 5.41 Å². The molecule has 0 saturated carbocycles. The summed E-state index contributed by atoms with van der Waals surface area (Å²) >= 11 is 1.20. The number of sulfone groups is 1. The highest BCUT2D eigenvalue weighted by Gasteiger charge is 2.33. The maximum Gasteiger partial charge on any atom is 0.180 e. The smallest absolute Gasteiger partial charge is 0.180 e. The van der Waals surface area contributed by atoms with Gasteiger partial charge < -0.3 is 10.6 Å². The molecule has 1 fully saturated rings. The summed E-state index contributed by atoms with van der Waals surface area (Å²) < 4.78 is 24.2. The zero-order valence-electron chi connectivity index (χ0n) is 12.9. The summed E-state index contributed by atoms with van der Waals surface area (Å²) in [5.41, 5.74) is 6.18. The van der Waals surface area contributed by atoms with Crippen molar-refractivity contribution < 1.29 is 13.2 Å². The number of carbonyl (C=O) groups excluding carboxylic acids is 1. The standard InChI is InChI=1S/C14H22N2O3S2/c1-9(17)11-10(15)12(21(4,18)19)13(20-11)16-7-5-6-14(2,3)8-16/h5-8,15H2,1-4H3. The third-order valence-electron chi connectivity index (χ3n) is 3.76. The van der Waals surface area contributed by atoms with Gasteiger partial charge >= 0.3 is 0 Å². The van der Waals surface area contributed by atoms with Crippen molar-refractivity contribution >= 4 is 37.6 Å². The minimum absolute atomic E-state index is 0.105. The van der Waals surface area contributed by atoms with Crippen LogP contribution >= 0.6 is 11.3 Å². The van der Waals surface area contributed by atoms with Gasteiger partial charge in [-0.3, -0.25) is 4.79 Å². The number of thiophene rings is 1. The van der Waals surface area contributed by atoms with Crippen LogP contribution in [0.4, 0.5) is 10.7 Å². The van der Waals surface area contributed by atoms with E-state index in [9.17, 15) is 13.2 Å². The average molecular weight is 330 g/mol. The molecule has 2 rings (SSSR count). The second-order valence-electron chi connectivity index (χ2n) is 6.50. The van der Waals surface area contributed by atoms with E-state index in [1.165, 1.54) is 18.3 Å². The molecule has 0 unspecified atom stereocenters. The van der Waals surface area contributed by atoms with Gasteiger partial charge in [0.05, 0.1) is 10.6 Å². The monoisotopic (exact) mass is 330 g/mol. The Balaban J connectivity index is 2.58. The van der Waals surface area contributed by atoms with Gasteiger partial charge in [0.25, 0.3) is 0 Å². The lowest BCUT2D eigenvalue weighted by Gasteiger charge is -2.39. The molecule has 1 aliphatic heterocycles. The van der Waals surface area contributed by atoms with Gasteiger partial charge in [-0.15, -0.1) is 11.3 Å². The molecule has 118 valence electrons. The predicted octanol–water partition coefficient (Wildman–Crippen LogP) is 2.56. The molecule has 2 heterocycles. The van der Waals surface area contributed by atoms with E-state index >= 15 is 0 Å². The van der Waals surface area contributed by atoms with Crippen LogP contribution in [-0.4, -0.2) is 33.5 Å². The number of hydrogen-bond acceptors (Lipinski definition) is 6. The highest BCUT2D eigenvalue weighted by Crippen LogP contribution is 2.44. The lowest BCUT2D eigenvalue weighted by Crippen LogP contribution is -2.40. The van der Waals surface area contributed by atoms with Crippen molar-refractivity contribution in [3.8, 4) is 0 Å². The van der Waals surface area contributed by atoms with E-state index in [0.29, 0.717) is 9.88 Å². The largest absolute Gasteiger partial charge is 0.396 e. The molecule has 21 heavy (non-hydrogen) atoms. The molecule has 0 aromatic carbocycles. The fourth-order valence-corrected chi connectivity index (χ4v) is 5.47. The minimum atomic E-state index is -3.47. The Hall–Kier alpha value is -1.08. The molecular weight excluding hydrogens is 308 g/mol. The zero-order valence-corrected chi connectivity index (χ0v) is 14.5. The number of nitrogens with two attached hydrogens (primary N) is 1. The Bertz CT molecular complexity index is 675. The number of Topliss-reactive ketones (excluding diaryl/α,β-unsaturated/α-hetero) is 1. The first-order valence-electron chi connectivity index (χ1n) is 6.91. The van der Waals surface area contributed by atoms with E-state index in [1.807, 2.05) is 0 Å². The number of piperidine rings is 1. The highest BCUT2D eigenvalue weighted by atomic mass is 32.2. The Morgan fingerprint density at radius 3 is 2.48 bits per heavy atom. The van der Waals surface area contributed by atoms with Crippen LogP contribution in [-0.2, 0) is 9.84 Å². The summed E-state index contributed by atoms with van der Waals surface area (Å²) in [6, 6.07) is 0.